The zero-order valence-electron chi connectivity index (χ0n) is 10.4. The average molecular weight is 273 g/mol. The van der Waals surface area contributed by atoms with Crippen molar-refractivity contribution in [3.8, 4) is 0 Å². The molecule has 4 N–H and O–H groups in total. The number of hydrogen-bond donors (Lipinski definition) is 3. The number of aromatic amines is 1. The lowest BCUT2D eigenvalue weighted by Crippen LogP contribution is -2.45. The van der Waals surface area contributed by atoms with Gasteiger partial charge in [-0.15, -0.1) is 0 Å². The topological polar surface area (TPSA) is 104 Å². The summed E-state index contributed by atoms with van der Waals surface area (Å²) in [5.74, 6) is 0.357. The summed E-state index contributed by atoms with van der Waals surface area (Å²) in [5.41, 5.74) is 6.17. The van der Waals surface area contributed by atoms with Gasteiger partial charge in [0.25, 0.3) is 0 Å². The van der Waals surface area contributed by atoms with Crippen LogP contribution in [0.15, 0.2) is 6.20 Å². The van der Waals surface area contributed by atoms with Crippen LogP contribution >= 0.6 is 0 Å². The summed E-state index contributed by atoms with van der Waals surface area (Å²) in [5, 5.41) is 6.41. The maximum Gasteiger partial charge on any atom is 0.303 e. The summed E-state index contributed by atoms with van der Waals surface area (Å²) in [6.07, 6.45) is 4.40. The fourth-order valence-corrected chi connectivity index (χ4v) is 3.67. The molecule has 1 unspecified atom stereocenters. The number of rotatable bonds is 4. The van der Waals surface area contributed by atoms with Gasteiger partial charge in [0.2, 0.25) is 0 Å². The second-order valence-electron chi connectivity index (χ2n) is 4.54. The van der Waals surface area contributed by atoms with Crippen molar-refractivity contribution in [2.45, 2.75) is 38.8 Å². The van der Waals surface area contributed by atoms with Crippen molar-refractivity contribution in [1.29, 1.82) is 0 Å². The first-order valence-corrected chi connectivity index (χ1v) is 7.50. The van der Waals surface area contributed by atoms with Crippen LogP contribution in [0, 0.1) is 0 Å². The van der Waals surface area contributed by atoms with Gasteiger partial charge in [0, 0.05) is 24.7 Å². The Bertz CT molecular complexity index is 498. The minimum Gasteiger partial charge on any atom is -0.326 e. The molecule has 1 saturated heterocycles. The number of nitrogens with one attached hydrogen (secondary N) is 2. The van der Waals surface area contributed by atoms with Gasteiger partial charge in [-0.1, -0.05) is 6.42 Å². The Balaban J connectivity index is 2.16. The van der Waals surface area contributed by atoms with E-state index in [1.165, 1.54) is 10.5 Å². The molecular formula is C10H19N5O2S. The normalized spacial score (nSPS) is 22.0. The fraction of sp³-hybridized carbons (Fsp3) is 0.700. The Hall–Kier alpha value is -1.12. The Morgan fingerprint density at radius 3 is 3.06 bits per heavy atom. The molecule has 0 amide bonds. The molecule has 0 aliphatic carbocycles. The van der Waals surface area contributed by atoms with Gasteiger partial charge in [0.05, 0.1) is 6.20 Å². The molecule has 1 aliphatic rings. The monoisotopic (exact) mass is 273 g/mol. The first kappa shape index (κ1) is 13.3. The van der Waals surface area contributed by atoms with Crippen molar-refractivity contribution in [2.24, 2.45) is 5.73 Å². The molecular weight excluding hydrogens is 254 g/mol. The second kappa shape index (κ2) is 5.25. The lowest BCUT2D eigenvalue weighted by atomic mass is 10.1. The largest absolute Gasteiger partial charge is 0.326 e. The molecule has 1 atom stereocenters. The van der Waals surface area contributed by atoms with Crippen LogP contribution < -0.4 is 10.5 Å². The lowest BCUT2D eigenvalue weighted by Gasteiger charge is -2.32. The van der Waals surface area contributed by atoms with E-state index in [1.807, 2.05) is 6.92 Å². The molecule has 1 aliphatic heterocycles. The third-order valence-electron chi connectivity index (χ3n) is 3.22. The minimum atomic E-state index is -3.53. The highest BCUT2D eigenvalue weighted by atomic mass is 32.2. The first-order chi connectivity index (χ1) is 8.54. The van der Waals surface area contributed by atoms with Gasteiger partial charge in [-0.2, -0.15) is 17.8 Å². The van der Waals surface area contributed by atoms with Gasteiger partial charge in [-0.25, -0.2) is 0 Å². The van der Waals surface area contributed by atoms with Gasteiger partial charge in [-0.05, 0) is 19.8 Å². The quantitative estimate of drug-likeness (QED) is 0.738. The molecule has 0 bridgehead atoms. The first-order valence-electron chi connectivity index (χ1n) is 6.06. The van der Waals surface area contributed by atoms with Crippen molar-refractivity contribution >= 4 is 16.0 Å². The van der Waals surface area contributed by atoms with Crippen molar-refractivity contribution < 1.29 is 8.42 Å². The van der Waals surface area contributed by atoms with Crippen molar-refractivity contribution in [2.75, 3.05) is 11.3 Å². The number of H-pyrrole nitrogens is 1. The number of piperidine rings is 1. The van der Waals surface area contributed by atoms with Crippen LogP contribution in [0.25, 0.3) is 0 Å². The maximum absolute atomic E-state index is 12.3. The molecule has 2 rings (SSSR count). The van der Waals surface area contributed by atoms with Crippen LogP contribution in [0.1, 0.15) is 31.7 Å². The molecule has 1 aromatic heterocycles. The van der Waals surface area contributed by atoms with Crippen LogP contribution in [0.5, 0.6) is 0 Å². The second-order valence-corrected chi connectivity index (χ2v) is 6.16. The van der Waals surface area contributed by atoms with Crippen LogP contribution in [0.2, 0.25) is 0 Å². The van der Waals surface area contributed by atoms with E-state index < -0.39 is 10.2 Å². The van der Waals surface area contributed by atoms with Crippen LogP contribution in [-0.4, -0.2) is 35.5 Å². The molecule has 8 heteroatoms. The molecule has 1 aromatic rings. The number of nitrogens with zero attached hydrogens (tertiary/aromatic N) is 2. The Kier molecular flexibility index (Phi) is 3.88. The molecule has 0 spiro atoms. The molecule has 7 nitrogen and oxygen atoms in total. The number of nitrogens with two attached hydrogens (primary N) is 1. The SMILES string of the molecule is CC1CCCCN1S(=O)(=O)Nc1[nH]ncc1CN. The minimum absolute atomic E-state index is 0.0282. The van der Waals surface area contributed by atoms with E-state index in [0.29, 0.717) is 17.9 Å². The van der Waals surface area contributed by atoms with Crippen molar-refractivity contribution in [3.63, 3.8) is 0 Å². The predicted octanol–water partition coefficient (Wildman–Crippen LogP) is 0.399. The third kappa shape index (κ3) is 2.65. The van der Waals surface area contributed by atoms with E-state index in [9.17, 15) is 8.42 Å². The van der Waals surface area contributed by atoms with Crippen LogP contribution in [0.4, 0.5) is 5.82 Å². The molecule has 18 heavy (non-hydrogen) atoms. The van der Waals surface area contributed by atoms with E-state index in [-0.39, 0.29) is 12.6 Å². The standard InChI is InChI=1S/C10H19N5O2S/c1-8-4-2-3-5-15(8)18(16,17)14-10-9(6-11)7-12-13-10/h7-8H,2-6,11H2,1H3,(H2,12,13,14). The summed E-state index contributed by atoms with van der Waals surface area (Å²) >= 11 is 0. The van der Waals surface area contributed by atoms with Gasteiger partial charge in [0.1, 0.15) is 5.82 Å². The van der Waals surface area contributed by atoms with Crippen molar-refractivity contribution in [3.05, 3.63) is 11.8 Å². The average Bonchev–Trinajstić information content (AvgIpc) is 2.76. The Morgan fingerprint density at radius 2 is 2.39 bits per heavy atom. The molecule has 1 fully saturated rings. The van der Waals surface area contributed by atoms with E-state index in [4.69, 9.17) is 5.73 Å². The van der Waals surface area contributed by atoms with Crippen LogP contribution in [-0.2, 0) is 16.8 Å². The summed E-state index contributed by atoms with van der Waals surface area (Å²) in [6.45, 7) is 2.72. The predicted molar refractivity (Wildman–Crippen MR) is 69.0 cm³/mol. The zero-order chi connectivity index (χ0) is 13.2. The number of aromatic nitrogens is 2. The summed E-state index contributed by atoms with van der Waals surface area (Å²) in [6, 6.07) is 0.0282. The van der Waals surface area contributed by atoms with Crippen molar-refractivity contribution in [1.82, 2.24) is 14.5 Å². The summed E-state index contributed by atoms with van der Waals surface area (Å²) in [4.78, 5) is 0. The van der Waals surface area contributed by atoms with Gasteiger partial charge < -0.3 is 5.73 Å². The molecule has 0 radical (unpaired) electrons. The molecule has 102 valence electrons. The highest BCUT2D eigenvalue weighted by Crippen LogP contribution is 2.22. The van der Waals surface area contributed by atoms with Gasteiger partial charge in [0.15, 0.2) is 0 Å². The summed E-state index contributed by atoms with van der Waals surface area (Å²) < 4.78 is 28.5. The molecule has 2 heterocycles. The fourth-order valence-electron chi connectivity index (χ4n) is 2.17. The van der Waals surface area contributed by atoms with E-state index in [2.05, 4.69) is 14.9 Å². The summed E-state index contributed by atoms with van der Waals surface area (Å²) in [7, 11) is -3.53. The molecule has 0 saturated carbocycles. The zero-order valence-corrected chi connectivity index (χ0v) is 11.2. The smallest absolute Gasteiger partial charge is 0.303 e. The van der Waals surface area contributed by atoms with Crippen LogP contribution in [0.3, 0.4) is 0 Å². The maximum atomic E-state index is 12.3. The highest BCUT2D eigenvalue weighted by molar-refractivity contribution is 7.90. The van der Waals surface area contributed by atoms with Gasteiger partial charge >= 0.3 is 10.2 Å². The Labute approximate surface area is 107 Å². The lowest BCUT2D eigenvalue weighted by molar-refractivity contribution is 0.270. The van der Waals surface area contributed by atoms with Gasteiger partial charge in [-0.3, -0.25) is 9.82 Å². The molecule has 0 aromatic carbocycles. The van der Waals surface area contributed by atoms with E-state index in [0.717, 1.165) is 19.3 Å². The van der Waals surface area contributed by atoms with E-state index >= 15 is 0 Å². The Morgan fingerprint density at radius 1 is 1.61 bits per heavy atom. The third-order valence-corrected chi connectivity index (χ3v) is 4.84. The highest BCUT2D eigenvalue weighted by Gasteiger charge is 2.30. The number of anilines is 1. The number of hydrogen-bond acceptors (Lipinski definition) is 4. The van der Waals surface area contributed by atoms with E-state index in [1.54, 1.807) is 0 Å².